The first-order chi connectivity index (χ1) is 11.7. The first-order valence-electron chi connectivity index (χ1n) is 8.88. The average molecular weight is 323 g/mol. The van der Waals surface area contributed by atoms with Crippen LogP contribution in [0.25, 0.3) is 11.3 Å². The summed E-state index contributed by atoms with van der Waals surface area (Å²) in [6.45, 7) is 4.05. The van der Waals surface area contributed by atoms with Crippen molar-refractivity contribution in [3.05, 3.63) is 48.2 Å². The molecule has 4 nitrogen and oxygen atoms in total. The van der Waals surface area contributed by atoms with Crippen molar-refractivity contribution in [3.63, 3.8) is 0 Å². The summed E-state index contributed by atoms with van der Waals surface area (Å²) in [7, 11) is 2.19. The number of carbonyl (C=O) groups excluding carboxylic acids is 1. The standard InChI is InChI=1S/C20H25N3O/c1-22-13-11-20(14-22)10-5-12-23(15-20)19(24)18-9-8-17(21-18)16-6-3-2-4-7-16/h2-4,6-9,21H,5,10-15H2,1H3/t20-/m0/s1. The Bertz CT molecular complexity index is 719. The van der Waals surface area contributed by atoms with Crippen LogP contribution in [0.15, 0.2) is 42.5 Å². The second-order valence-corrected chi connectivity index (χ2v) is 7.47. The molecule has 2 aliphatic rings. The highest BCUT2D eigenvalue weighted by molar-refractivity contribution is 5.93. The number of likely N-dealkylation sites (tertiary alicyclic amines) is 2. The van der Waals surface area contributed by atoms with E-state index in [1.54, 1.807) is 0 Å². The van der Waals surface area contributed by atoms with Gasteiger partial charge in [0.15, 0.2) is 0 Å². The maximum atomic E-state index is 12.9. The first-order valence-corrected chi connectivity index (χ1v) is 8.88. The van der Waals surface area contributed by atoms with Crippen molar-refractivity contribution in [2.75, 3.05) is 33.2 Å². The monoisotopic (exact) mass is 323 g/mol. The third-order valence-corrected chi connectivity index (χ3v) is 5.58. The molecule has 2 aromatic rings. The molecule has 1 spiro atoms. The van der Waals surface area contributed by atoms with Crippen LogP contribution in [0.1, 0.15) is 29.8 Å². The molecular weight excluding hydrogens is 298 g/mol. The molecule has 24 heavy (non-hydrogen) atoms. The van der Waals surface area contributed by atoms with Crippen LogP contribution in [0.5, 0.6) is 0 Å². The number of nitrogens with zero attached hydrogens (tertiary/aromatic N) is 2. The fraction of sp³-hybridized carbons (Fsp3) is 0.450. The number of aromatic amines is 1. The number of hydrogen-bond acceptors (Lipinski definition) is 2. The van der Waals surface area contributed by atoms with Crippen molar-refractivity contribution in [1.29, 1.82) is 0 Å². The summed E-state index contributed by atoms with van der Waals surface area (Å²) in [5, 5.41) is 0. The third-order valence-electron chi connectivity index (χ3n) is 5.58. The van der Waals surface area contributed by atoms with Gasteiger partial charge in [-0.2, -0.15) is 0 Å². The minimum absolute atomic E-state index is 0.144. The van der Waals surface area contributed by atoms with E-state index in [2.05, 4.69) is 34.0 Å². The summed E-state index contributed by atoms with van der Waals surface area (Å²) in [6, 6.07) is 14.1. The highest BCUT2D eigenvalue weighted by Gasteiger charge is 2.41. The maximum Gasteiger partial charge on any atom is 0.270 e. The zero-order valence-corrected chi connectivity index (χ0v) is 14.3. The number of carbonyl (C=O) groups is 1. The quantitative estimate of drug-likeness (QED) is 0.921. The van der Waals surface area contributed by atoms with Gasteiger partial charge in [-0.15, -0.1) is 0 Å². The molecule has 0 saturated carbocycles. The molecule has 0 aliphatic carbocycles. The highest BCUT2D eigenvalue weighted by atomic mass is 16.2. The zero-order chi connectivity index (χ0) is 16.6. The number of nitrogens with one attached hydrogen (secondary N) is 1. The number of piperidine rings is 1. The molecule has 2 saturated heterocycles. The van der Waals surface area contributed by atoms with Gasteiger partial charge in [-0.3, -0.25) is 4.79 Å². The lowest BCUT2D eigenvalue weighted by atomic mass is 9.79. The van der Waals surface area contributed by atoms with E-state index in [0.717, 1.165) is 43.9 Å². The van der Waals surface area contributed by atoms with Gasteiger partial charge in [0.25, 0.3) is 5.91 Å². The number of rotatable bonds is 2. The SMILES string of the molecule is CN1CC[C@@]2(CCCN(C(=O)c3ccc(-c4ccccc4)[nH]3)C2)C1. The van der Waals surface area contributed by atoms with Crippen LogP contribution < -0.4 is 0 Å². The molecule has 1 aromatic carbocycles. The fourth-order valence-corrected chi connectivity index (χ4v) is 4.35. The van der Waals surface area contributed by atoms with Crippen LogP contribution >= 0.6 is 0 Å². The fourth-order valence-electron chi connectivity index (χ4n) is 4.35. The summed E-state index contributed by atoms with van der Waals surface area (Å²) in [5.74, 6) is 0.144. The lowest BCUT2D eigenvalue weighted by molar-refractivity contribution is 0.0530. The molecule has 2 aliphatic heterocycles. The number of hydrogen-bond donors (Lipinski definition) is 1. The third kappa shape index (κ3) is 2.86. The molecule has 2 fully saturated rings. The molecule has 3 heterocycles. The molecule has 126 valence electrons. The van der Waals surface area contributed by atoms with E-state index >= 15 is 0 Å². The minimum atomic E-state index is 0.144. The van der Waals surface area contributed by atoms with E-state index in [4.69, 9.17) is 0 Å². The van der Waals surface area contributed by atoms with E-state index in [1.165, 1.54) is 12.8 Å². The van der Waals surface area contributed by atoms with Crippen LogP contribution in [0.2, 0.25) is 0 Å². The van der Waals surface area contributed by atoms with Crippen LogP contribution in [0, 0.1) is 5.41 Å². The lowest BCUT2D eigenvalue weighted by Crippen LogP contribution is -2.47. The predicted octanol–water partition coefficient (Wildman–Crippen LogP) is 3.24. The van der Waals surface area contributed by atoms with E-state index in [1.807, 2.05) is 30.3 Å². The molecule has 0 radical (unpaired) electrons. The molecular formula is C20H25N3O. The van der Waals surface area contributed by atoms with Crippen LogP contribution in [-0.2, 0) is 0 Å². The second-order valence-electron chi connectivity index (χ2n) is 7.47. The molecule has 0 bridgehead atoms. The molecule has 0 unspecified atom stereocenters. The number of H-pyrrole nitrogens is 1. The second kappa shape index (κ2) is 6.10. The van der Waals surface area contributed by atoms with Crippen molar-refractivity contribution in [2.24, 2.45) is 5.41 Å². The first kappa shape index (κ1) is 15.5. The molecule has 1 aromatic heterocycles. The summed E-state index contributed by atoms with van der Waals surface area (Å²) >= 11 is 0. The van der Waals surface area contributed by atoms with Gasteiger partial charge in [0.05, 0.1) is 0 Å². The zero-order valence-electron chi connectivity index (χ0n) is 14.3. The highest BCUT2D eigenvalue weighted by Crippen LogP contribution is 2.38. The number of amides is 1. The summed E-state index contributed by atoms with van der Waals surface area (Å²) in [5.41, 5.74) is 3.14. The van der Waals surface area contributed by atoms with Gasteiger partial charge in [-0.05, 0) is 50.6 Å². The Labute approximate surface area is 143 Å². The lowest BCUT2D eigenvalue weighted by Gasteiger charge is -2.40. The maximum absolute atomic E-state index is 12.9. The molecule has 1 N–H and O–H groups in total. The predicted molar refractivity (Wildman–Crippen MR) is 95.9 cm³/mol. The van der Waals surface area contributed by atoms with Crippen molar-refractivity contribution in [1.82, 2.24) is 14.8 Å². The Morgan fingerprint density at radius 2 is 1.88 bits per heavy atom. The van der Waals surface area contributed by atoms with Crippen molar-refractivity contribution >= 4 is 5.91 Å². The molecule has 1 amide bonds. The Morgan fingerprint density at radius 3 is 2.62 bits per heavy atom. The van der Waals surface area contributed by atoms with Crippen LogP contribution in [0.4, 0.5) is 0 Å². The Balaban J connectivity index is 1.51. The van der Waals surface area contributed by atoms with Gasteiger partial charge in [0.1, 0.15) is 5.69 Å². The van der Waals surface area contributed by atoms with Gasteiger partial charge in [-0.1, -0.05) is 30.3 Å². The van der Waals surface area contributed by atoms with Gasteiger partial charge in [0, 0.05) is 30.7 Å². The van der Waals surface area contributed by atoms with Gasteiger partial charge >= 0.3 is 0 Å². The van der Waals surface area contributed by atoms with Crippen molar-refractivity contribution in [2.45, 2.75) is 19.3 Å². The van der Waals surface area contributed by atoms with Crippen molar-refractivity contribution in [3.8, 4) is 11.3 Å². The summed E-state index contributed by atoms with van der Waals surface area (Å²) in [6.07, 6.45) is 3.58. The largest absolute Gasteiger partial charge is 0.351 e. The number of benzene rings is 1. The Kier molecular flexibility index (Phi) is 3.93. The van der Waals surface area contributed by atoms with E-state index < -0.39 is 0 Å². The smallest absolute Gasteiger partial charge is 0.270 e. The molecule has 4 rings (SSSR count). The van der Waals surface area contributed by atoms with E-state index in [0.29, 0.717) is 11.1 Å². The summed E-state index contributed by atoms with van der Waals surface area (Å²) in [4.78, 5) is 20.7. The topological polar surface area (TPSA) is 39.3 Å². The van der Waals surface area contributed by atoms with Crippen molar-refractivity contribution < 1.29 is 4.79 Å². The van der Waals surface area contributed by atoms with Crippen LogP contribution in [0.3, 0.4) is 0 Å². The Hall–Kier alpha value is -2.07. The van der Waals surface area contributed by atoms with Gasteiger partial charge in [-0.25, -0.2) is 0 Å². The Morgan fingerprint density at radius 1 is 1.04 bits per heavy atom. The minimum Gasteiger partial charge on any atom is -0.351 e. The van der Waals surface area contributed by atoms with E-state index in [-0.39, 0.29) is 5.91 Å². The van der Waals surface area contributed by atoms with Gasteiger partial charge < -0.3 is 14.8 Å². The van der Waals surface area contributed by atoms with Crippen LogP contribution in [-0.4, -0.2) is 53.9 Å². The number of aromatic nitrogens is 1. The molecule has 4 heteroatoms. The molecule has 1 atom stereocenters. The average Bonchev–Trinajstić information content (AvgIpc) is 3.23. The normalized spacial score (nSPS) is 24.6. The van der Waals surface area contributed by atoms with E-state index in [9.17, 15) is 4.79 Å². The summed E-state index contributed by atoms with van der Waals surface area (Å²) < 4.78 is 0. The van der Waals surface area contributed by atoms with Gasteiger partial charge in [0.2, 0.25) is 0 Å².